The van der Waals surface area contributed by atoms with Crippen molar-refractivity contribution >= 4 is 23.4 Å². The van der Waals surface area contributed by atoms with Crippen LogP contribution in [0.5, 0.6) is 0 Å². The van der Waals surface area contributed by atoms with Crippen LogP contribution in [0.15, 0.2) is 34.9 Å². The molecule has 2 rings (SSSR count). The second-order valence-electron chi connectivity index (χ2n) is 5.61. The molecule has 0 fully saturated rings. The number of fused-ring (bicyclic) bond motifs is 1. The van der Waals surface area contributed by atoms with Gasteiger partial charge in [0, 0.05) is 17.8 Å². The number of hydrogen-bond acceptors (Lipinski definition) is 3. The van der Waals surface area contributed by atoms with Crippen LogP contribution in [-0.2, 0) is 5.60 Å². The molecular weight excluding hydrogens is 274 g/mol. The van der Waals surface area contributed by atoms with Crippen LogP contribution in [-0.4, -0.2) is 30.6 Å². The third kappa shape index (κ3) is 3.17. The van der Waals surface area contributed by atoms with Crippen molar-refractivity contribution in [3.63, 3.8) is 0 Å². The Labute approximate surface area is 127 Å². The Kier molecular flexibility index (Phi) is 5.63. The van der Waals surface area contributed by atoms with E-state index in [2.05, 4.69) is 11.8 Å². The fourth-order valence-corrected chi connectivity index (χ4v) is 2.76. The quantitative estimate of drug-likeness (QED) is 0.915. The van der Waals surface area contributed by atoms with E-state index in [9.17, 15) is 5.11 Å². The Bertz CT molecular complexity index is 552. The molecular formula is C16H24ClNO2. The van der Waals surface area contributed by atoms with E-state index in [-0.39, 0.29) is 18.3 Å². The molecule has 0 saturated carbocycles. The van der Waals surface area contributed by atoms with Crippen LogP contribution < -0.4 is 0 Å². The number of aliphatic hydroxyl groups is 1. The van der Waals surface area contributed by atoms with Gasteiger partial charge in [-0.1, -0.05) is 26.0 Å². The maximum atomic E-state index is 11.0. The van der Waals surface area contributed by atoms with Crippen molar-refractivity contribution in [1.82, 2.24) is 4.90 Å². The largest absolute Gasteiger partial charge is 0.464 e. The lowest BCUT2D eigenvalue weighted by molar-refractivity contribution is -0.0291. The van der Waals surface area contributed by atoms with Crippen molar-refractivity contribution in [3.05, 3.63) is 36.1 Å². The highest BCUT2D eigenvalue weighted by Gasteiger charge is 2.34. The summed E-state index contributed by atoms with van der Waals surface area (Å²) in [5, 5.41) is 12.1. The normalized spacial score (nSPS) is 15.9. The van der Waals surface area contributed by atoms with E-state index in [1.165, 1.54) is 0 Å². The van der Waals surface area contributed by atoms with Crippen molar-refractivity contribution in [1.29, 1.82) is 0 Å². The van der Waals surface area contributed by atoms with Gasteiger partial charge in [-0.2, -0.15) is 0 Å². The van der Waals surface area contributed by atoms with Crippen molar-refractivity contribution < 1.29 is 9.52 Å². The highest BCUT2D eigenvalue weighted by Crippen LogP contribution is 2.35. The molecule has 0 aliphatic heterocycles. The molecule has 2 atom stereocenters. The van der Waals surface area contributed by atoms with E-state index >= 15 is 0 Å². The summed E-state index contributed by atoms with van der Waals surface area (Å²) in [5.74, 6) is 0.153. The van der Waals surface area contributed by atoms with Crippen LogP contribution in [0.3, 0.4) is 0 Å². The molecule has 0 unspecified atom stereocenters. The minimum absolute atomic E-state index is 0. The molecule has 0 spiro atoms. The van der Waals surface area contributed by atoms with Gasteiger partial charge in [0.2, 0.25) is 0 Å². The van der Waals surface area contributed by atoms with Gasteiger partial charge >= 0.3 is 0 Å². The molecule has 0 aliphatic carbocycles. The summed E-state index contributed by atoms with van der Waals surface area (Å²) in [6.45, 7) is 4.97. The van der Waals surface area contributed by atoms with Gasteiger partial charge in [-0.25, -0.2) is 0 Å². The molecule has 1 heterocycles. The van der Waals surface area contributed by atoms with Gasteiger partial charge in [-0.05, 0) is 38.2 Å². The molecule has 1 aromatic heterocycles. The molecule has 1 N–H and O–H groups in total. The fraction of sp³-hybridized carbons (Fsp3) is 0.500. The minimum atomic E-state index is -0.814. The van der Waals surface area contributed by atoms with Crippen LogP contribution in [0.1, 0.15) is 25.8 Å². The van der Waals surface area contributed by atoms with Gasteiger partial charge in [0.1, 0.15) is 5.58 Å². The molecule has 0 saturated heterocycles. The third-order valence-electron chi connectivity index (χ3n) is 3.95. The SMILES string of the molecule is CC[C@](O)(c1ccc2ccoc2c1)[C@H](C)CN(C)C.Cl. The maximum Gasteiger partial charge on any atom is 0.134 e. The summed E-state index contributed by atoms with van der Waals surface area (Å²) in [7, 11) is 4.06. The monoisotopic (exact) mass is 297 g/mol. The molecule has 2 aromatic rings. The molecule has 3 nitrogen and oxygen atoms in total. The summed E-state index contributed by atoms with van der Waals surface area (Å²) in [5.41, 5.74) is 0.957. The third-order valence-corrected chi connectivity index (χ3v) is 3.95. The zero-order valence-corrected chi connectivity index (χ0v) is 13.4. The smallest absolute Gasteiger partial charge is 0.134 e. The van der Waals surface area contributed by atoms with Crippen molar-refractivity contribution in [2.45, 2.75) is 25.9 Å². The van der Waals surface area contributed by atoms with Gasteiger partial charge in [0.25, 0.3) is 0 Å². The predicted octanol–water partition coefficient (Wildman–Crippen LogP) is 3.65. The molecule has 0 bridgehead atoms. The van der Waals surface area contributed by atoms with Gasteiger partial charge in [-0.15, -0.1) is 12.4 Å². The summed E-state index contributed by atoms with van der Waals surface area (Å²) in [6, 6.07) is 7.92. The topological polar surface area (TPSA) is 36.6 Å². The van der Waals surface area contributed by atoms with E-state index in [0.29, 0.717) is 6.42 Å². The van der Waals surface area contributed by atoms with E-state index in [0.717, 1.165) is 23.1 Å². The number of hydrogen-bond donors (Lipinski definition) is 1. The summed E-state index contributed by atoms with van der Waals surface area (Å²) < 4.78 is 5.44. The average molecular weight is 298 g/mol. The number of halogens is 1. The highest BCUT2D eigenvalue weighted by molar-refractivity contribution is 5.85. The minimum Gasteiger partial charge on any atom is -0.464 e. The Hall–Kier alpha value is -1.03. The lowest BCUT2D eigenvalue weighted by Crippen LogP contribution is -2.38. The lowest BCUT2D eigenvalue weighted by atomic mass is 9.80. The maximum absolute atomic E-state index is 11.0. The Morgan fingerprint density at radius 3 is 2.60 bits per heavy atom. The molecule has 0 amide bonds. The van der Waals surface area contributed by atoms with E-state index in [1.54, 1.807) is 6.26 Å². The van der Waals surface area contributed by atoms with Crippen LogP contribution in [0, 0.1) is 5.92 Å². The number of rotatable bonds is 5. The van der Waals surface area contributed by atoms with Gasteiger partial charge < -0.3 is 14.4 Å². The molecule has 4 heteroatoms. The summed E-state index contributed by atoms with van der Waals surface area (Å²) in [6.07, 6.45) is 2.37. The first kappa shape index (κ1) is 17.0. The Balaban J connectivity index is 0.00000200. The van der Waals surface area contributed by atoms with Crippen molar-refractivity contribution in [3.8, 4) is 0 Å². The Morgan fingerprint density at radius 1 is 1.30 bits per heavy atom. The number of furan rings is 1. The van der Waals surface area contributed by atoms with E-state index in [1.807, 2.05) is 45.3 Å². The zero-order chi connectivity index (χ0) is 14.0. The number of nitrogens with zero attached hydrogens (tertiary/aromatic N) is 1. The van der Waals surface area contributed by atoms with Gasteiger partial charge in [0.15, 0.2) is 0 Å². The first-order chi connectivity index (χ1) is 8.97. The van der Waals surface area contributed by atoms with Gasteiger partial charge in [0.05, 0.1) is 11.9 Å². The van der Waals surface area contributed by atoms with E-state index < -0.39 is 5.60 Å². The molecule has 1 aromatic carbocycles. The van der Waals surface area contributed by atoms with Crippen LogP contribution >= 0.6 is 12.4 Å². The zero-order valence-electron chi connectivity index (χ0n) is 12.6. The molecule has 0 aliphatic rings. The standard InChI is InChI=1S/C16H23NO2.ClH/c1-5-16(18,12(2)11-17(3)4)14-7-6-13-8-9-19-15(13)10-14;/h6-10,12,18H,5,11H2,1-4H3;1H/t12-,16-;/m1./s1. The summed E-state index contributed by atoms with van der Waals surface area (Å²) in [4.78, 5) is 2.11. The van der Waals surface area contributed by atoms with Crippen molar-refractivity contribution in [2.75, 3.05) is 20.6 Å². The molecule has 0 radical (unpaired) electrons. The number of benzene rings is 1. The lowest BCUT2D eigenvalue weighted by Gasteiger charge is -2.35. The van der Waals surface area contributed by atoms with Crippen molar-refractivity contribution in [2.24, 2.45) is 5.92 Å². The first-order valence-electron chi connectivity index (χ1n) is 6.82. The first-order valence-corrected chi connectivity index (χ1v) is 6.82. The molecule has 20 heavy (non-hydrogen) atoms. The second-order valence-corrected chi connectivity index (χ2v) is 5.61. The van der Waals surface area contributed by atoms with E-state index in [4.69, 9.17) is 4.42 Å². The van der Waals surface area contributed by atoms with Crippen LogP contribution in [0.2, 0.25) is 0 Å². The molecule has 112 valence electrons. The van der Waals surface area contributed by atoms with Crippen LogP contribution in [0.25, 0.3) is 11.0 Å². The van der Waals surface area contributed by atoms with Gasteiger partial charge in [-0.3, -0.25) is 0 Å². The average Bonchev–Trinajstić information content (AvgIpc) is 2.83. The Morgan fingerprint density at radius 2 is 2.00 bits per heavy atom. The van der Waals surface area contributed by atoms with Crippen LogP contribution in [0.4, 0.5) is 0 Å². The fourth-order valence-electron chi connectivity index (χ4n) is 2.76. The highest BCUT2D eigenvalue weighted by atomic mass is 35.5. The second kappa shape index (κ2) is 6.61. The predicted molar refractivity (Wildman–Crippen MR) is 85.4 cm³/mol. The summed E-state index contributed by atoms with van der Waals surface area (Å²) >= 11 is 0.